The summed E-state index contributed by atoms with van der Waals surface area (Å²) in [6.45, 7) is 2.02. The van der Waals surface area contributed by atoms with Crippen LogP contribution in [0.25, 0.3) is 0 Å². The van der Waals surface area contributed by atoms with E-state index in [1.165, 1.54) is 37.4 Å². The maximum Gasteiger partial charge on any atom is 0.374 e. The van der Waals surface area contributed by atoms with Crippen molar-refractivity contribution in [3.8, 4) is 17.5 Å². The van der Waals surface area contributed by atoms with Crippen molar-refractivity contribution in [1.29, 1.82) is 0 Å². The Hall–Kier alpha value is -2.72. The number of nitrogens with zero attached hydrogens (tertiary/aromatic N) is 2. The van der Waals surface area contributed by atoms with E-state index in [4.69, 9.17) is 19.3 Å². The van der Waals surface area contributed by atoms with Gasteiger partial charge in [-0.1, -0.05) is 0 Å². The van der Waals surface area contributed by atoms with Gasteiger partial charge in [0, 0.05) is 13.4 Å². The van der Waals surface area contributed by atoms with Crippen molar-refractivity contribution >= 4 is 15.8 Å². The van der Waals surface area contributed by atoms with Gasteiger partial charge in [0.15, 0.2) is 9.84 Å². The fourth-order valence-electron chi connectivity index (χ4n) is 1.96. The molecule has 0 radical (unpaired) electrons. The normalized spacial score (nSPS) is 12.4. The van der Waals surface area contributed by atoms with Crippen LogP contribution in [0.15, 0.2) is 35.2 Å². The summed E-state index contributed by atoms with van der Waals surface area (Å²) in [6.07, 6.45) is 0.732. The molecule has 0 amide bonds. The maximum atomic E-state index is 11.5. The molecule has 0 spiro atoms. The molecule has 26 heavy (non-hydrogen) atoms. The fraction of sp³-hybridized carbons (Fsp3) is 0.312. The van der Waals surface area contributed by atoms with Gasteiger partial charge in [-0.2, -0.15) is 9.97 Å². The van der Waals surface area contributed by atoms with E-state index >= 15 is 0 Å². The van der Waals surface area contributed by atoms with Crippen molar-refractivity contribution in [3.63, 3.8) is 0 Å². The topological polar surface area (TPSA) is 125 Å². The molecule has 0 bridgehead atoms. The van der Waals surface area contributed by atoms with Gasteiger partial charge in [-0.05, 0) is 31.2 Å². The summed E-state index contributed by atoms with van der Waals surface area (Å²) < 4.78 is 38.9. The van der Waals surface area contributed by atoms with Gasteiger partial charge < -0.3 is 19.3 Å². The fourth-order valence-corrected chi connectivity index (χ4v) is 2.59. The van der Waals surface area contributed by atoms with Gasteiger partial charge >= 0.3 is 5.97 Å². The van der Waals surface area contributed by atoms with Crippen LogP contribution in [0.5, 0.6) is 17.5 Å². The highest BCUT2D eigenvalue weighted by Crippen LogP contribution is 2.24. The first-order valence-corrected chi connectivity index (χ1v) is 9.34. The maximum absolute atomic E-state index is 11.5. The molecule has 2 aromatic rings. The number of sulfone groups is 1. The van der Waals surface area contributed by atoms with Crippen LogP contribution in [-0.2, 0) is 14.6 Å². The van der Waals surface area contributed by atoms with Crippen LogP contribution in [0.3, 0.4) is 0 Å². The smallest absolute Gasteiger partial charge is 0.374 e. The van der Waals surface area contributed by atoms with Crippen molar-refractivity contribution in [2.75, 3.05) is 20.0 Å². The number of methoxy groups -OCH3 is 1. The van der Waals surface area contributed by atoms with Crippen molar-refractivity contribution in [3.05, 3.63) is 36.2 Å². The Kier molecular flexibility index (Phi) is 6.11. The highest BCUT2D eigenvalue weighted by Gasteiger charge is 2.15. The molecule has 0 saturated heterocycles. The van der Waals surface area contributed by atoms with Gasteiger partial charge in [-0.15, -0.1) is 0 Å². The highest BCUT2D eigenvalue weighted by molar-refractivity contribution is 7.90. The second kappa shape index (κ2) is 8.11. The molecule has 0 aliphatic rings. The monoisotopic (exact) mass is 382 g/mol. The summed E-state index contributed by atoms with van der Waals surface area (Å²) in [4.78, 5) is 18.9. The van der Waals surface area contributed by atoms with Crippen molar-refractivity contribution in [2.45, 2.75) is 17.9 Å². The van der Waals surface area contributed by atoms with Gasteiger partial charge in [0.05, 0.1) is 17.6 Å². The molecule has 0 fully saturated rings. The predicted molar refractivity (Wildman–Crippen MR) is 90.6 cm³/mol. The predicted octanol–water partition coefficient (Wildman–Crippen LogP) is 1.78. The summed E-state index contributed by atoms with van der Waals surface area (Å²) in [7, 11) is -1.82. The molecule has 1 aromatic carbocycles. The van der Waals surface area contributed by atoms with Crippen LogP contribution >= 0.6 is 0 Å². The molecule has 0 saturated carbocycles. The van der Waals surface area contributed by atoms with Gasteiger partial charge in [-0.25, -0.2) is 13.2 Å². The van der Waals surface area contributed by atoms with Crippen LogP contribution in [-0.4, -0.2) is 55.5 Å². The van der Waals surface area contributed by atoms with Crippen LogP contribution in [0.1, 0.15) is 17.5 Å². The lowest BCUT2D eigenvalue weighted by atomic mass is 10.3. The Morgan fingerprint density at radius 3 is 2.35 bits per heavy atom. The minimum Gasteiger partial charge on any atom is -0.475 e. The summed E-state index contributed by atoms with van der Waals surface area (Å²) >= 11 is 0. The number of aromatic nitrogens is 2. The summed E-state index contributed by atoms with van der Waals surface area (Å²) in [5.41, 5.74) is 0. The lowest BCUT2D eigenvalue weighted by Gasteiger charge is -2.14. The number of carboxylic acids is 1. The molecule has 2 rings (SSSR count). The molecule has 1 N–H and O–H groups in total. The first-order chi connectivity index (χ1) is 12.2. The summed E-state index contributed by atoms with van der Waals surface area (Å²) in [5, 5.41) is 9.14. The molecule has 1 atom stereocenters. The number of carboxylic acid groups (broad SMARTS) is 1. The van der Waals surface area contributed by atoms with E-state index in [1.54, 1.807) is 6.92 Å². The number of ether oxygens (including phenoxy) is 3. The van der Waals surface area contributed by atoms with Gasteiger partial charge in [0.2, 0.25) is 17.6 Å². The Morgan fingerprint density at radius 1 is 1.19 bits per heavy atom. The second-order valence-electron chi connectivity index (χ2n) is 5.40. The SMILES string of the molecule is COCC(C)Oc1cc(Oc2ccc(S(C)(=O)=O)cc2)nc(C(=O)O)n1. The average Bonchev–Trinajstić information content (AvgIpc) is 2.54. The molecule has 1 unspecified atom stereocenters. The van der Waals surface area contributed by atoms with E-state index in [0.29, 0.717) is 0 Å². The van der Waals surface area contributed by atoms with Crippen molar-refractivity contribution in [1.82, 2.24) is 9.97 Å². The molecule has 10 heteroatoms. The molecule has 1 heterocycles. The molecule has 9 nitrogen and oxygen atoms in total. The summed E-state index contributed by atoms with van der Waals surface area (Å²) in [6, 6.07) is 6.97. The van der Waals surface area contributed by atoms with E-state index in [2.05, 4.69) is 9.97 Å². The third kappa shape index (κ3) is 5.39. The number of aromatic carboxylic acids is 1. The number of benzene rings is 1. The molecule has 0 aliphatic carbocycles. The number of hydrogen-bond donors (Lipinski definition) is 1. The van der Waals surface area contributed by atoms with Crippen molar-refractivity contribution < 1.29 is 32.5 Å². The first kappa shape index (κ1) is 19.6. The Labute approximate surface area is 150 Å². The zero-order valence-electron chi connectivity index (χ0n) is 14.4. The van der Waals surface area contributed by atoms with Crippen LogP contribution in [0.4, 0.5) is 0 Å². The molecular weight excluding hydrogens is 364 g/mol. The lowest BCUT2D eigenvalue weighted by Crippen LogP contribution is -2.19. The quantitative estimate of drug-likeness (QED) is 0.727. The number of hydrogen-bond acceptors (Lipinski definition) is 8. The van der Waals surface area contributed by atoms with Crippen LogP contribution < -0.4 is 9.47 Å². The highest BCUT2D eigenvalue weighted by atomic mass is 32.2. The molecule has 140 valence electrons. The number of rotatable bonds is 8. The number of carbonyl (C=O) groups is 1. The van der Waals surface area contributed by atoms with Gasteiger partial charge in [0.1, 0.15) is 11.9 Å². The van der Waals surface area contributed by atoms with E-state index in [0.717, 1.165) is 6.26 Å². The van der Waals surface area contributed by atoms with Crippen molar-refractivity contribution in [2.24, 2.45) is 0 Å². The first-order valence-electron chi connectivity index (χ1n) is 7.45. The Morgan fingerprint density at radius 2 is 1.81 bits per heavy atom. The minimum atomic E-state index is -3.33. The van der Waals surface area contributed by atoms with Gasteiger partial charge in [0.25, 0.3) is 0 Å². The zero-order valence-corrected chi connectivity index (χ0v) is 15.2. The standard InChI is InChI=1S/C16H18N2O7S/c1-10(9-23-2)24-13-8-14(18-15(17-13)16(19)20)25-11-4-6-12(7-5-11)26(3,21)22/h4-8,10H,9H2,1-3H3,(H,19,20). The average molecular weight is 382 g/mol. The third-order valence-corrected chi connectivity index (χ3v) is 4.20. The molecule has 1 aromatic heterocycles. The Balaban J connectivity index is 2.27. The second-order valence-corrected chi connectivity index (χ2v) is 7.42. The van der Waals surface area contributed by atoms with Gasteiger partial charge in [-0.3, -0.25) is 0 Å². The summed E-state index contributed by atoms with van der Waals surface area (Å²) in [5.74, 6) is -1.58. The van der Waals surface area contributed by atoms with E-state index < -0.39 is 21.6 Å². The Bertz CT molecular complexity index is 882. The minimum absolute atomic E-state index is 0.0182. The van der Waals surface area contributed by atoms with E-state index in [1.807, 2.05) is 0 Å². The lowest BCUT2D eigenvalue weighted by molar-refractivity contribution is 0.0673. The van der Waals surface area contributed by atoms with E-state index in [9.17, 15) is 13.2 Å². The van der Waals surface area contributed by atoms with E-state index in [-0.39, 0.29) is 35.1 Å². The third-order valence-electron chi connectivity index (χ3n) is 3.07. The largest absolute Gasteiger partial charge is 0.475 e. The zero-order chi connectivity index (χ0) is 19.3. The van der Waals surface area contributed by atoms with Crippen LogP contribution in [0, 0.1) is 0 Å². The molecular formula is C16H18N2O7S. The molecule has 0 aliphatic heterocycles. The van der Waals surface area contributed by atoms with Crippen LogP contribution in [0.2, 0.25) is 0 Å².